The molecule has 0 bridgehead atoms. The van der Waals surface area contributed by atoms with Gasteiger partial charge < -0.3 is 22.5 Å². The van der Waals surface area contributed by atoms with E-state index in [0.717, 1.165) is 11.4 Å². The van der Waals surface area contributed by atoms with Gasteiger partial charge in [0, 0.05) is 0 Å². The smallest absolute Gasteiger partial charge is 0.372 e. The van der Waals surface area contributed by atoms with E-state index in [2.05, 4.69) is 0 Å². The summed E-state index contributed by atoms with van der Waals surface area (Å²) in [6, 6.07) is 0. The normalized spacial score (nSPS) is 16.4. The second-order valence-electron chi connectivity index (χ2n) is 8.76. The minimum absolute atomic E-state index is 0.148. The third kappa shape index (κ3) is 10.5. The highest BCUT2D eigenvalue weighted by Crippen LogP contribution is 2.77. The summed E-state index contributed by atoms with van der Waals surface area (Å²) in [5.41, 5.74) is -2.91. The van der Waals surface area contributed by atoms with Crippen molar-refractivity contribution in [2.75, 3.05) is 0 Å². The average Bonchev–Trinajstić information content (AvgIpc) is 2.29. The number of rotatable bonds is 13. The lowest BCUT2D eigenvalue weighted by Gasteiger charge is -2.43. The molecule has 0 rings (SSSR count). The molecule has 0 spiro atoms. The van der Waals surface area contributed by atoms with Gasteiger partial charge in [0.1, 0.15) is 0 Å². The van der Waals surface area contributed by atoms with Crippen LogP contribution in [-0.4, -0.2) is 37.4 Å². The molecule has 11 heteroatoms. The molecule has 0 aromatic carbocycles. The van der Waals surface area contributed by atoms with E-state index in [9.17, 15) is 4.57 Å². The first-order valence-corrected chi connectivity index (χ1v) is 18.7. The topological polar surface area (TPSA) is 63.2 Å². The predicted octanol–water partition coefficient (Wildman–Crippen LogP) is 7.36. The number of hydrogen-bond donors (Lipinski definition) is 0. The van der Waals surface area contributed by atoms with Crippen LogP contribution >= 0.6 is 24.7 Å². The standard InChI is InChI=1S/C17H40O6P2S2Si/c1-13(2)19-24(18,20-14(3)4)17(9,23-28(10,11)12)27-25(26,21-15(5)6)22-16(7)8/h13-16H,1-12H3. The Kier molecular flexibility index (Phi) is 11.7. The predicted molar refractivity (Wildman–Crippen MR) is 127 cm³/mol. The van der Waals surface area contributed by atoms with E-state index in [1.165, 1.54) is 0 Å². The Morgan fingerprint density at radius 2 is 1.11 bits per heavy atom. The van der Waals surface area contributed by atoms with Gasteiger partial charge in [-0.1, -0.05) is 0 Å². The molecule has 0 aromatic rings. The summed E-state index contributed by atoms with van der Waals surface area (Å²) in [4.78, 5) is 0. The van der Waals surface area contributed by atoms with E-state index in [-0.39, 0.29) is 24.4 Å². The van der Waals surface area contributed by atoms with Crippen molar-refractivity contribution in [3.63, 3.8) is 0 Å². The second-order valence-corrected chi connectivity index (χ2v) is 22.2. The molecule has 0 aliphatic carbocycles. The minimum Gasteiger partial charge on any atom is -0.394 e. The van der Waals surface area contributed by atoms with Gasteiger partial charge in [0.15, 0.2) is 8.32 Å². The van der Waals surface area contributed by atoms with Crippen molar-refractivity contribution in [2.45, 2.75) is 111 Å². The molecule has 1 atom stereocenters. The Hall–Kier alpha value is 1.25. The first-order valence-electron chi connectivity index (χ1n) is 9.68. The molecule has 0 aliphatic heterocycles. The van der Waals surface area contributed by atoms with Crippen molar-refractivity contribution in [1.29, 1.82) is 0 Å². The second kappa shape index (κ2) is 11.2. The van der Waals surface area contributed by atoms with Gasteiger partial charge in [0.05, 0.1) is 24.4 Å². The highest BCUT2D eigenvalue weighted by atomic mass is 32.9. The van der Waals surface area contributed by atoms with Crippen LogP contribution in [0, 0.1) is 0 Å². The van der Waals surface area contributed by atoms with E-state index < -0.39 is 26.3 Å². The van der Waals surface area contributed by atoms with Crippen molar-refractivity contribution >= 4 is 44.8 Å². The monoisotopic (exact) mass is 494 g/mol. The SMILES string of the molecule is CC(C)OP(=O)(OC(C)C)C(C)(O[Si](C)(C)C)SP(=S)(OC(C)C)OC(C)C. The van der Waals surface area contributed by atoms with Crippen LogP contribution in [0.5, 0.6) is 0 Å². The van der Waals surface area contributed by atoms with E-state index in [4.69, 9.17) is 34.3 Å². The molecule has 0 aliphatic rings. The highest BCUT2D eigenvalue weighted by Gasteiger charge is 2.56. The summed E-state index contributed by atoms with van der Waals surface area (Å²) < 4.78 is 43.0. The van der Waals surface area contributed by atoms with E-state index in [1.54, 1.807) is 6.92 Å². The molecule has 0 fully saturated rings. The summed E-state index contributed by atoms with van der Waals surface area (Å²) >= 11 is 6.97. The van der Waals surface area contributed by atoms with Gasteiger partial charge in [-0.05, 0) is 105 Å². The molecule has 1 unspecified atom stereocenters. The lowest BCUT2D eigenvalue weighted by atomic mass is 10.5. The molecule has 0 saturated carbocycles. The molecule has 28 heavy (non-hydrogen) atoms. The highest BCUT2D eigenvalue weighted by molar-refractivity contribution is 8.69. The van der Waals surface area contributed by atoms with Gasteiger partial charge in [-0.3, -0.25) is 4.57 Å². The summed E-state index contributed by atoms with van der Waals surface area (Å²) in [6.45, 7) is 22.7. The van der Waals surface area contributed by atoms with Gasteiger partial charge in [0.2, 0.25) is 4.67 Å². The van der Waals surface area contributed by atoms with Crippen LogP contribution in [0.25, 0.3) is 0 Å². The van der Waals surface area contributed by atoms with Gasteiger partial charge >= 0.3 is 7.60 Å². The van der Waals surface area contributed by atoms with Crippen molar-refractivity contribution in [3.05, 3.63) is 0 Å². The van der Waals surface area contributed by atoms with E-state index in [1.807, 2.05) is 75.0 Å². The lowest BCUT2D eigenvalue weighted by Crippen LogP contribution is -2.40. The van der Waals surface area contributed by atoms with Crippen molar-refractivity contribution in [1.82, 2.24) is 0 Å². The third-order valence-electron chi connectivity index (χ3n) is 2.65. The molecule has 170 valence electrons. The maximum Gasteiger partial charge on any atom is 0.372 e. The zero-order valence-electron chi connectivity index (χ0n) is 19.5. The summed E-state index contributed by atoms with van der Waals surface area (Å²) in [5, 5.41) is 0. The quantitative estimate of drug-likeness (QED) is 0.149. The van der Waals surface area contributed by atoms with E-state index >= 15 is 0 Å². The average molecular weight is 495 g/mol. The Morgan fingerprint density at radius 1 is 0.786 bits per heavy atom. The van der Waals surface area contributed by atoms with Gasteiger partial charge in [0.25, 0.3) is 5.69 Å². The third-order valence-corrected chi connectivity index (χ3v) is 13.3. The zero-order chi connectivity index (χ0) is 22.6. The molecule has 0 saturated heterocycles. The molecular formula is C17H40O6P2S2Si. The van der Waals surface area contributed by atoms with Crippen LogP contribution in [0.4, 0.5) is 0 Å². The molecule has 0 N–H and O–H groups in total. The molecule has 0 radical (unpaired) electrons. The summed E-state index contributed by atoms with van der Waals surface area (Å²) in [5.74, 6) is 0. The fourth-order valence-electron chi connectivity index (χ4n) is 2.26. The van der Waals surface area contributed by atoms with Crippen LogP contribution in [0.15, 0.2) is 0 Å². The fourth-order valence-corrected chi connectivity index (χ4v) is 16.9. The Morgan fingerprint density at radius 3 is 1.36 bits per heavy atom. The lowest BCUT2D eigenvalue weighted by molar-refractivity contribution is 0.101. The fraction of sp³-hybridized carbons (Fsp3) is 1.00. The Bertz CT molecular complexity index is 552. The van der Waals surface area contributed by atoms with E-state index in [0.29, 0.717) is 0 Å². The molecule has 0 heterocycles. The Balaban J connectivity index is 6.37. The molecule has 6 nitrogen and oxygen atoms in total. The zero-order valence-corrected chi connectivity index (χ0v) is 23.9. The van der Waals surface area contributed by atoms with Crippen LogP contribution in [0.2, 0.25) is 19.6 Å². The van der Waals surface area contributed by atoms with Gasteiger partial charge in [-0.25, -0.2) is 0 Å². The molecular weight excluding hydrogens is 454 g/mol. The Labute approximate surface area is 182 Å². The van der Waals surface area contributed by atoms with Crippen molar-refractivity contribution in [2.24, 2.45) is 0 Å². The largest absolute Gasteiger partial charge is 0.394 e. The van der Waals surface area contributed by atoms with Crippen LogP contribution < -0.4 is 0 Å². The molecule has 0 aromatic heterocycles. The minimum atomic E-state index is -3.76. The van der Waals surface area contributed by atoms with Crippen molar-refractivity contribution in [3.8, 4) is 0 Å². The summed E-state index contributed by atoms with van der Waals surface area (Å²) in [7, 11) is -5.93. The number of hydrogen-bond acceptors (Lipinski definition) is 8. The summed E-state index contributed by atoms with van der Waals surface area (Å²) in [6.07, 6.45) is -0.927. The van der Waals surface area contributed by atoms with Crippen LogP contribution in [-0.2, 0) is 38.9 Å². The van der Waals surface area contributed by atoms with Crippen LogP contribution in [0.1, 0.15) is 62.3 Å². The first-order chi connectivity index (χ1) is 12.3. The van der Waals surface area contributed by atoms with Crippen molar-refractivity contribution < 1.29 is 27.1 Å². The van der Waals surface area contributed by atoms with Gasteiger partial charge in [-0.2, -0.15) is 0 Å². The molecule has 0 amide bonds. The van der Waals surface area contributed by atoms with Gasteiger partial charge in [-0.15, -0.1) is 0 Å². The maximum atomic E-state index is 14.1. The first kappa shape index (κ1) is 29.2. The maximum absolute atomic E-state index is 14.1. The van der Waals surface area contributed by atoms with Crippen LogP contribution in [0.3, 0.4) is 0 Å².